The van der Waals surface area contributed by atoms with Gasteiger partial charge in [0.1, 0.15) is 6.33 Å². The number of aryl methyl sites for hydroxylation is 2. The summed E-state index contributed by atoms with van der Waals surface area (Å²) in [6, 6.07) is 8.15. The molecule has 0 saturated carbocycles. The highest BCUT2D eigenvalue weighted by molar-refractivity contribution is 6.31. The van der Waals surface area contributed by atoms with Crippen molar-refractivity contribution in [2.45, 2.75) is 88.0 Å². The van der Waals surface area contributed by atoms with Gasteiger partial charge in [-0.15, -0.1) is 0 Å². The largest absolute Gasteiger partial charge is 0.261 e. The molecule has 3 rings (SSSR count). The summed E-state index contributed by atoms with van der Waals surface area (Å²) in [6.45, 7) is 16.9. The fourth-order valence-corrected chi connectivity index (χ4v) is 3.27. The molecule has 0 aliphatic rings. The number of pyridine rings is 2. The number of halogens is 1. The summed E-state index contributed by atoms with van der Waals surface area (Å²) in [4.78, 5) is 16.4. The average molecular weight is 459 g/mol. The zero-order valence-electron chi connectivity index (χ0n) is 19.5. The van der Waals surface area contributed by atoms with E-state index in [0.717, 1.165) is 5.69 Å². The van der Waals surface area contributed by atoms with E-state index in [1.54, 1.807) is 6.20 Å². The quantitative estimate of drug-likeness (QED) is 0.394. The summed E-state index contributed by atoms with van der Waals surface area (Å²) in [6.07, 6.45) is 6.83. The topological polar surface area (TPSA) is 51.6 Å². The Labute approximate surface area is 201 Å². The molecule has 0 N–H and O–H groups in total. The molecular formula is C27H43ClN4. The number of nitrogens with zero attached hydrogens (tertiary/aromatic N) is 4. The van der Waals surface area contributed by atoms with Gasteiger partial charge in [0.25, 0.3) is 0 Å². The molecule has 0 fully saturated rings. The van der Waals surface area contributed by atoms with Gasteiger partial charge in [-0.05, 0) is 54.9 Å². The Morgan fingerprint density at radius 1 is 0.656 bits per heavy atom. The van der Waals surface area contributed by atoms with Crippen molar-refractivity contribution in [3.05, 3.63) is 82.4 Å². The van der Waals surface area contributed by atoms with E-state index in [2.05, 4.69) is 73.6 Å². The van der Waals surface area contributed by atoms with Crippen molar-refractivity contribution in [3.63, 3.8) is 0 Å². The zero-order chi connectivity index (χ0) is 22.7. The van der Waals surface area contributed by atoms with Crippen molar-refractivity contribution < 1.29 is 0 Å². The molecule has 0 amide bonds. The smallest absolute Gasteiger partial charge is 0.115 e. The minimum absolute atomic E-state index is 0. The molecule has 178 valence electrons. The molecule has 0 aliphatic heterocycles. The van der Waals surface area contributed by atoms with Gasteiger partial charge < -0.3 is 0 Å². The van der Waals surface area contributed by atoms with Gasteiger partial charge in [0.05, 0.1) is 10.7 Å². The van der Waals surface area contributed by atoms with Crippen LogP contribution in [0.3, 0.4) is 0 Å². The third-order valence-electron chi connectivity index (χ3n) is 4.44. The van der Waals surface area contributed by atoms with E-state index in [1.807, 2.05) is 38.4 Å². The molecule has 0 radical (unpaired) electrons. The first-order valence-electron chi connectivity index (χ1n) is 10.4. The molecule has 0 aliphatic carbocycles. The lowest BCUT2D eigenvalue weighted by Gasteiger charge is -2.05. The molecule has 3 aromatic heterocycles. The predicted molar refractivity (Wildman–Crippen MR) is 141 cm³/mol. The number of hydrogen-bond donors (Lipinski definition) is 0. The van der Waals surface area contributed by atoms with E-state index >= 15 is 0 Å². The van der Waals surface area contributed by atoms with Gasteiger partial charge in [0, 0.05) is 30.0 Å². The highest BCUT2D eigenvalue weighted by atomic mass is 35.5. The second-order valence-electron chi connectivity index (χ2n) is 8.13. The van der Waals surface area contributed by atoms with E-state index < -0.39 is 0 Å². The number of rotatable bonds is 3. The van der Waals surface area contributed by atoms with Crippen LogP contribution in [0.1, 0.15) is 102 Å². The Kier molecular flexibility index (Phi) is 16.2. The molecule has 3 aromatic rings. The van der Waals surface area contributed by atoms with Crippen LogP contribution < -0.4 is 0 Å². The van der Waals surface area contributed by atoms with Crippen LogP contribution in [0.2, 0.25) is 5.02 Å². The summed E-state index contributed by atoms with van der Waals surface area (Å²) >= 11 is 5.79. The van der Waals surface area contributed by atoms with Crippen molar-refractivity contribution in [2.24, 2.45) is 0 Å². The minimum atomic E-state index is 0. The van der Waals surface area contributed by atoms with Gasteiger partial charge in [-0.1, -0.05) is 80.1 Å². The number of hydrogen-bond acceptors (Lipinski definition) is 4. The molecule has 0 bridgehead atoms. The number of aromatic nitrogens is 4. The third-order valence-corrected chi connectivity index (χ3v) is 4.73. The lowest BCUT2D eigenvalue weighted by molar-refractivity contribution is 0.811. The van der Waals surface area contributed by atoms with E-state index in [4.69, 9.17) is 11.6 Å². The molecule has 4 nitrogen and oxygen atoms in total. The maximum absolute atomic E-state index is 5.79. The van der Waals surface area contributed by atoms with E-state index in [0.29, 0.717) is 22.8 Å². The van der Waals surface area contributed by atoms with Crippen LogP contribution in [-0.2, 0) is 0 Å². The SMILES string of the molecule is C.C.CC(C)c1ncncc1Cl.Cc1cccnc1C(C)C.Cc1cccnc1C(C)C. The van der Waals surface area contributed by atoms with Crippen molar-refractivity contribution in [3.8, 4) is 0 Å². The van der Waals surface area contributed by atoms with Crippen LogP contribution in [0.25, 0.3) is 0 Å². The lowest BCUT2D eigenvalue weighted by Crippen LogP contribution is -1.94. The Bertz CT molecular complexity index is 774. The van der Waals surface area contributed by atoms with Crippen LogP contribution in [-0.4, -0.2) is 19.9 Å². The van der Waals surface area contributed by atoms with Gasteiger partial charge in [-0.2, -0.15) is 0 Å². The highest BCUT2D eigenvalue weighted by Gasteiger charge is 2.04. The Morgan fingerprint density at radius 2 is 1.06 bits per heavy atom. The van der Waals surface area contributed by atoms with Crippen molar-refractivity contribution in [2.75, 3.05) is 0 Å². The van der Waals surface area contributed by atoms with Crippen molar-refractivity contribution in [1.82, 2.24) is 19.9 Å². The first kappa shape index (κ1) is 31.9. The fraction of sp³-hybridized carbons (Fsp3) is 0.481. The third kappa shape index (κ3) is 10.8. The van der Waals surface area contributed by atoms with Crippen molar-refractivity contribution >= 4 is 11.6 Å². The highest BCUT2D eigenvalue weighted by Crippen LogP contribution is 2.19. The summed E-state index contributed by atoms with van der Waals surface area (Å²) in [7, 11) is 0. The van der Waals surface area contributed by atoms with Crippen LogP contribution >= 0.6 is 11.6 Å². The Hall–Kier alpha value is -2.33. The molecule has 0 unspecified atom stereocenters. The van der Waals surface area contributed by atoms with Crippen LogP contribution in [0.4, 0.5) is 0 Å². The van der Waals surface area contributed by atoms with Gasteiger partial charge in [0.2, 0.25) is 0 Å². The lowest BCUT2D eigenvalue weighted by atomic mass is 10.1. The van der Waals surface area contributed by atoms with E-state index in [-0.39, 0.29) is 14.9 Å². The maximum Gasteiger partial charge on any atom is 0.115 e. The Morgan fingerprint density at radius 3 is 1.31 bits per heavy atom. The first-order valence-corrected chi connectivity index (χ1v) is 10.8. The fourth-order valence-electron chi connectivity index (χ4n) is 2.95. The van der Waals surface area contributed by atoms with Crippen LogP contribution in [0.5, 0.6) is 0 Å². The van der Waals surface area contributed by atoms with Gasteiger partial charge >= 0.3 is 0 Å². The predicted octanol–water partition coefficient (Wildman–Crippen LogP) is 8.55. The van der Waals surface area contributed by atoms with Crippen LogP contribution in [0, 0.1) is 13.8 Å². The zero-order valence-corrected chi connectivity index (χ0v) is 20.3. The van der Waals surface area contributed by atoms with E-state index in [9.17, 15) is 0 Å². The Balaban J connectivity index is 0. The van der Waals surface area contributed by atoms with Crippen LogP contribution in [0.15, 0.2) is 49.2 Å². The summed E-state index contributed by atoms with van der Waals surface area (Å²) in [5.74, 6) is 1.46. The molecule has 3 heterocycles. The van der Waals surface area contributed by atoms with Crippen molar-refractivity contribution in [1.29, 1.82) is 0 Å². The summed E-state index contributed by atoms with van der Waals surface area (Å²) in [5.41, 5.74) is 5.91. The molecular weight excluding hydrogens is 416 g/mol. The summed E-state index contributed by atoms with van der Waals surface area (Å²) < 4.78 is 0. The maximum atomic E-state index is 5.79. The molecule has 0 spiro atoms. The molecule has 0 saturated heterocycles. The van der Waals surface area contributed by atoms with Gasteiger partial charge in [0.15, 0.2) is 0 Å². The normalized spacial score (nSPS) is 9.75. The molecule has 0 aromatic carbocycles. The summed E-state index contributed by atoms with van der Waals surface area (Å²) in [5, 5.41) is 0.650. The average Bonchev–Trinajstić information content (AvgIpc) is 2.69. The van der Waals surface area contributed by atoms with Gasteiger partial charge in [-0.25, -0.2) is 9.97 Å². The second-order valence-corrected chi connectivity index (χ2v) is 8.54. The monoisotopic (exact) mass is 458 g/mol. The van der Waals surface area contributed by atoms with E-state index in [1.165, 1.54) is 28.8 Å². The van der Waals surface area contributed by atoms with Gasteiger partial charge in [-0.3, -0.25) is 9.97 Å². The second kappa shape index (κ2) is 16.3. The minimum Gasteiger partial charge on any atom is -0.261 e. The molecule has 32 heavy (non-hydrogen) atoms. The first-order chi connectivity index (χ1) is 14.1. The standard InChI is InChI=1S/2C9H13N.C7H9ClN2.2CH4/c2*1-7(2)9-8(3)5-4-6-10-9;1-5(2)7-6(8)3-9-4-10-7;;/h2*4-7H,1-3H3;3-5H,1-2H3;2*1H4. The molecule has 0 atom stereocenters. The molecule has 5 heteroatoms.